The molecule has 8 heteroatoms. The molecule has 0 rings (SSSR count). The predicted molar refractivity (Wildman–Crippen MR) is 80.3 cm³/mol. The Morgan fingerprint density at radius 3 is 1.45 bits per heavy atom. The molecule has 0 spiro atoms. The van der Waals surface area contributed by atoms with E-state index in [1.807, 2.05) is 0 Å². The van der Waals surface area contributed by atoms with Gasteiger partial charge in [-0.15, -0.1) is 0 Å². The van der Waals surface area contributed by atoms with Gasteiger partial charge in [0.05, 0.1) is 0 Å². The third kappa shape index (κ3) is 26.9. The highest BCUT2D eigenvalue weighted by atomic mass is 17.0. The SMILES string of the molecule is CCCCCCCCCCCCO.O=C(O)ONOC(=O)O. The van der Waals surface area contributed by atoms with Crippen molar-refractivity contribution in [2.45, 2.75) is 71.1 Å². The van der Waals surface area contributed by atoms with Gasteiger partial charge in [-0.3, -0.25) is 0 Å². The molecule has 22 heavy (non-hydrogen) atoms. The average molecular weight is 323 g/mol. The largest absolute Gasteiger partial charge is 0.527 e. The first-order chi connectivity index (χ1) is 10.5. The minimum absolute atomic E-state index is 0.372. The molecule has 0 aliphatic rings. The van der Waals surface area contributed by atoms with Crippen LogP contribution in [0.3, 0.4) is 0 Å². The molecule has 0 aliphatic heterocycles. The molecule has 0 saturated carbocycles. The number of unbranched alkanes of at least 4 members (excludes halogenated alkanes) is 9. The molecule has 0 fully saturated rings. The quantitative estimate of drug-likeness (QED) is 0.316. The Hall–Kier alpha value is -1.54. The van der Waals surface area contributed by atoms with Gasteiger partial charge in [0, 0.05) is 12.3 Å². The lowest BCUT2D eigenvalue weighted by Crippen LogP contribution is -2.21. The van der Waals surface area contributed by atoms with E-state index in [-0.39, 0.29) is 0 Å². The molecule has 0 aromatic carbocycles. The average Bonchev–Trinajstić information content (AvgIpc) is 2.45. The molecule has 0 aliphatic carbocycles. The summed E-state index contributed by atoms with van der Waals surface area (Å²) in [7, 11) is 0. The summed E-state index contributed by atoms with van der Waals surface area (Å²) in [6, 6.07) is 0. The van der Waals surface area contributed by atoms with Crippen LogP contribution >= 0.6 is 0 Å². The van der Waals surface area contributed by atoms with Gasteiger partial charge in [-0.2, -0.15) is 0 Å². The van der Waals surface area contributed by atoms with E-state index < -0.39 is 12.3 Å². The third-order valence-corrected chi connectivity index (χ3v) is 2.77. The number of hydrogen-bond donors (Lipinski definition) is 4. The second-order valence-electron chi connectivity index (χ2n) is 4.72. The Kier molecular flexibility index (Phi) is 20.1. The zero-order valence-electron chi connectivity index (χ0n) is 13.3. The summed E-state index contributed by atoms with van der Waals surface area (Å²) in [6.07, 6.45) is 9.94. The highest BCUT2D eigenvalue weighted by Gasteiger charge is 1.98. The zero-order chi connectivity index (χ0) is 17.1. The van der Waals surface area contributed by atoms with Crippen LogP contribution in [0.1, 0.15) is 71.1 Å². The number of hydrogen-bond acceptors (Lipinski definition) is 6. The fourth-order valence-corrected chi connectivity index (χ4v) is 1.69. The van der Waals surface area contributed by atoms with Crippen LogP contribution in [0.15, 0.2) is 0 Å². The number of rotatable bonds is 12. The fraction of sp³-hybridized carbons (Fsp3) is 0.857. The van der Waals surface area contributed by atoms with E-state index in [2.05, 4.69) is 16.6 Å². The van der Waals surface area contributed by atoms with Crippen molar-refractivity contribution in [3.8, 4) is 0 Å². The van der Waals surface area contributed by atoms with Gasteiger partial charge in [-0.1, -0.05) is 64.7 Å². The number of nitrogens with one attached hydrogen (secondary N) is 1. The predicted octanol–water partition coefficient (Wildman–Crippen LogP) is 3.69. The summed E-state index contributed by atoms with van der Waals surface area (Å²) in [4.78, 5) is 25.7. The van der Waals surface area contributed by atoms with Gasteiger partial charge in [-0.25, -0.2) is 9.59 Å². The van der Waals surface area contributed by atoms with Crippen molar-refractivity contribution in [1.82, 2.24) is 5.64 Å². The van der Waals surface area contributed by atoms with Gasteiger partial charge in [0.15, 0.2) is 0 Å². The van der Waals surface area contributed by atoms with E-state index in [1.165, 1.54) is 63.4 Å². The highest BCUT2D eigenvalue weighted by molar-refractivity contribution is 5.57. The Morgan fingerprint density at radius 2 is 1.14 bits per heavy atom. The highest BCUT2D eigenvalue weighted by Crippen LogP contribution is 2.09. The van der Waals surface area contributed by atoms with Crippen LogP contribution < -0.4 is 5.64 Å². The Bertz CT molecular complexity index is 238. The van der Waals surface area contributed by atoms with Gasteiger partial charge in [0.2, 0.25) is 0 Å². The summed E-state index contributed by atoms with van der Waals surface area (Å²) in [5.74, 6) is 0. The Labute approximate surface area is 131 Å². The lowest BCUT2D eigenvalue weighted by Gasteiger charge is -2.00. The molecule has 4 N–H and O–H groups in total. The molecular formula is C14H29NO7. The molecular weight excluding hydrogens is 294 g/mol. The monoisotopic (exact) mass is 323 g/mol. The van der Waals surface area contributed by atoms with Crippen molar-refractivity contribution in [1.29, 1.82) is 0 Å². The molecule has 0 bridgehead atoms. The molecule has 0 unspecified atom stereocenters. The summed E-state index contributed by atoms with van der Waals surface area (Å²) in [5.41, 5.74) is 1.19. The Balaban J connectivity index is 0. The van der Waals surface area contributed by atoms with E-state index >= 15 is 0 Å². The van der Waals surface area contributed by atoms with Crippen LogP contribution in [-0.2, 0) is 9.68 Å². The maximum atomic E-state index is 9.42. The van der Waals surface area contributed by atoms with Crippen LogP contribution in [0, 0.1) is 0 Å². The number of carbonyl (C=O) groups is 2. The van der Waals surface area contributed by atoms with E-state index in [4.69, 9.17) is 15.3 Å². The summed E-state index contributed by atoms with van der Waals surface area (Å²) in [5, 5.41) is 23.9. The maximum absolute atomic E-state index is 9.42. The molecule has 0 amide bonds. The van der Waals surface area contributed by atoms with E-state index in [9.17, 15) is 9.59 Å². The smallest absolute Gasteiger partial charge is 0.448 e. The normalized spacial score (nSPS) is 9.55. The molecule has 0 aromatic rings. The fourth-order valence-electron chi connectivity index (χ4n) is 1.69. The van der Waals surface area contributed by atoms with Gasteiger partial charge in [0.1, 0.15) is 0 Å². The number of carboxylic acid groups (broad SMARTS) is 2. The van der Waals surface area contributed by atoms with Crippen molar-refractivity contribution in [2.24, 2.45) is 0 Å². The lowest BCUT2D eigenvalue weighted by molar-refractivity contribution is -0.113. The first-order valence-electron chi connectivity index (χ1n) is 7.70. The third-order valence-electron chi connectivity index (χ3n) is 2.77. The lowest BCUT2D eigenvalue weighted by atomic mass is 10.1. The molecule has 0 radical (unpaired) electrons. The van der Waals surface area contributed by atoms with Crippen molar-refractivity contribution >= 4 is 12.3 Å². The van der Waals surface area contributed by atoms with Crippen LogP contribution in [0.4, 0.5) is 9.59 Å². The van der Waals surface area contributed by atoms with Crippen molar-refractivity contribution < 1.29 is 34.6 Å². The molecule has 0 aromatic heterocycles. The zero-order valence-corrected chi connectivity index (χ0v) is 13.3. The molecule has 132 valence electrons. The topological polar surface area (TPSA) is 125 Å². The molecule has 0 atom stereocenters. The van der Waals surface area contributed by atoms with Gasteiger partial charge < -0.3 is 25.0 Å². The molecule has 0 heterocycles. The molecule has 0 saturated heterocycles. The van der Waals surface area contributed by atoms with Gasteiger partial charge in [0.25, 0.3) is 0 Å². The van der Waals surface area contributed by atoms with Gasteiger partial charge in [-0.05, 0) is 6.42 Å². The van der Waals surface area contributed by atoms with E-state index in [0.717, 1.165) is 6.42 Å². The van der Waals surface area contributed by atoms with Crippen LogP contribution in [0.5, 0.6) is 0 Å². The first kappa shape index (κ1) is 22.7. The summed E-state index contributed by atoms with van der Waals surface area (Å²) in [6.45, 7) is 2.63. The summed E-state index contributed by atoms with van der Waals surface area (Å²) >= 11 is 0. The van der Waals surface area contributed by atoms with Crippen molar-refractivity contribution in [2.75, 3.05) is 6.61 Å². The van der Waals surface area contributed by atoms with E-state index in [0.29, 0.717) is 6.61 Å². The van der Waals surface area contributed by atoms with Gasteiger partial charge >= 0.3 is 12.3 Å². The second-order valence-corrected chi connectivity index (χ2v) is 4.72. The first-order valence-corrected chi connectivity index (χ1v) is 7.70. The second kappa shape index (κ2) is 19.5. The Morgan fingerprint density at radius 1 is 0.773 bits per heavy atom. The minimum atomic E-state index is -1.68. The molecule has 8 nitrogen and oxygen atoms in total. The van der Waals surface area contributed by atoms with Crippen LogP contribution in [0.25, 0.3) is 0 Å². The van der Waals surface area contributed by atoms with Crippen molar-refractivity contribution in [3.63, 3.8) is 0 Å². The summed E-state index contributed by atoms with van der Waals surface area (Å²) < 4.78 is 0. The maximum Gasteiger partial charge on any atom is 0.527 e. The van der Waals surface area contributed by atoms with Crippen LogP contribution in [-0.4, -0.2) is 34.2 Å². The van der Waals surface area contributed by atoms with Crippen LogP contribution in [0.2, 0.25) is 0 Å². The van der Waals surface area contributed by atoms with Crippen molar-refractivity contribution in [3.05, 3.63) is 0 Å². The minimum Gasteiger partial charge on any atom is -0.448 e. The standard InChI is InChI=1S/C12H26O.C2H3NO6/c1-2-3-4-5-6-7-8-9-10-11-12-13;4-1(5)8-3-9-2(6)7/h13H,2-12H2,1H3;3H,(H,4,5)(H,6,7). The van der Waals surface area contributed by atoms with E-state index in [1.54, 1.807) is 0 Å². The number of aliphatic hydroxyl groups is 1. The number of aliphatic hydroxyl groups excluding tert-OH is 1.